The van der Waals surface area contributed by atoms with Crippen molar-refractivity contribution in [1.29, 1.82) is 0 Å². The maximum atomic E-state index is 12.2. The molecule has 1 amide bonds. The summed E-state index contributed by atoms with van der Waals surface area (Å²) in [6.45, 7) is 2.97. The van der Waals surface area contributed by atoms with Crippen LogP contribution in [0, 0.1) is 5.92 Å². The van der Waals surface area contributed by atoms with E-state index in [1.54, 1.807) is 0 Å². The van der Waals surface area contributed by atoms with E-state index in [9.17, 15) is 4.79 Å². The first kappa shape index (κ1) is 11.9. The van der Waals surface area contributed by atoms with Crippen LogP contribution in [0.15, 0.2) is 0 Å². The number of hydrogen-bond donors (Lipinski definition) is 2. The van der Waals surface area contributed by atoms with E-state index in [0.717, 1.165) is 51.7 Å². The van der Waals surface area contributed by atoms with Gasteiger partial charge in [0.2, 0.25) is 5.91 Å². The van der Waals surface area contributed by atoms with Crippen LogP contribution in [0.4, 0.5) is 0 Å². The molecule has 0 aromatic heterocycles. The van der Waals surface area contributed by atoms with E-state index in [1.807, 2.05) is 4.90 Å². The lowest BCUT2D eigenvalue weighted by atomic mass is 9.94. The van der Waals surface area contributed by atoms with Gasteiger partial charge in [-0.05, 0) is 44.6 Å². The van der Waals surface area contributed by atoms with Crippen LogP contribution in [-0.2, 0) is 4.79 Å². The van der Waals surface area contributed by atoms with E-state index in [0.29, 0.717) is 5.92 Å². The van der Waals surface area contributed by atoms with Crippen molar-refractivity contribution < 1.29 is 9.90 Å². The maximum Gasteiger partial charge on any atom is 0.239 e. The van der Waals surface area contributed by atoms with Crippen molar-refractivity contribution in [2.75, 3.05) is 26.2 Å². The van der Waals surface area contributed by atoms with Gasteiger partial charge in [0.05, 0.1) is 6.04 Å². The van der Waals surface area contributed by atoms with E-state index >= 15 is 0 Å². The highest BCUT2D eigenvalue weighted by Crippen LogP contribution is 2.21. The molecule has 16 heavy (non-hydrogen) atoms. The third kappa shape index (κ3) is 2.74. The quantitative estimate of drug-likeness (QED) is 0.730. The predicted octanol–water partition coefficient (Wildman–Crippen LogP) is 0.359. The van der Waals surface area contributed by atoms with Gasteiger partial charge >= 0.3 is 0 Å². The summed E-state index contributed by atoms with van der Waals surface area (Å²) in [5.41, 5.74) is 0. The lowest BCUT2D eigenvalue weighted by molar-refractivity contribution is -0.135. The lowest BCUT2D eigenvalue weighted by Crippen LogP contribution is -2.47. The monoisotopic (exact) mass is 226 g/mol. The molecule has 0 radical (unpaired) electrons. The van der Waals surface area contributed by atoms with Crippen LogP contribution in [0.25, 0.3) is 0 Å². The van der Waals surface area contributed by atoms with Crippen molar-refractivity contribution in [3.63, 3.8) is 0 Å². The Kier molecular flexibility index (Phi) is 4.18. The van der Waals surface area contributed by atoms with E-state index < -0.39 is 0 Å². The molecular formula is C12H22N2O2. The fourth-order valence-electron chi connectivity index (χ4n) is 2.80. The molecule has 2 N–H and O–H groups in total. The number of likely N-dealkylation sites (tertiary alicyclic amines) is 1. The number of nitrogens with zero attached hydrogens (tertiary/aromatic N) is 1. The van der Waals surface area contributed by atoms with Crippen LogP contribution in [0.2, 0.25) is 0 Å². The van der Waals surface area contributed by atoms with Crippen molar-refractivity contribution >= 4 is 5.91 Å². The number of aliphatic hydroxyl groups excluding tert-OH is 1. The molecule has 2 saturated heterocycles. The summed E-state index contributed by atoms with van der Waals surface area (Å²) < 4.78 is 0. The molecule has 2 fully saturated rings. The van der Waals surface area contributed by atoms with E-state index in [2.05, 4.69) is 5.32 Å². The standard InChI is InChI=1S/C12H22N2O2/c15-8-5-10-3-2-7-14(9-10)12(16)11-4-1-6-13-11/h10-11,13,15H,1-9H2/t10?,11-/m1/s1. The zero-order valence-electron chi connectivity index (χ0n) is 9.82. The van der Waals surface area contributed by atoms with Gasteiger partial charge in [-0.3, -0.25) is 4.79 Å². The molecule has 2 heterocycles. The molecule has 2 rings (SSSR count). The van der Waals surface area contributed by atoms with Gasteiger partial charge < -0.3 is 15.3 Å². The molecular weight excluding hydrogens is 204 g/mol. The highest BCUT2D eigenvalue weighted by molar-refractivity contribution is 5.82. The molecule has 0 aromatic rings. The Balaban J connectivity index is 1.85. The average Bonchev–Trinajstić information content (AvgIpc) is 2.82. The van der Waals surface area contributed by atoms with Gasteiger partial charge in [0, 0.05) is 19.7 Å². The minimum Gasteiger partial charge on any atom is -0.396 e. The summed E-state index contributed by atoms with van der Waals surface area (Å²) in [4.78, 5) is 14.1. The molecule has 0 aromatic carbocycles. The topological polar surface area (TPSA) is 52.6 Å². The Hall–Kier alpha value is -0.610. The van der Waals surface area contributed by atoms with Crippen LogP contribution in [0.5, 0.6) is 0 Å². The summed E-state index contributed by atoms with van der Waals surface area (Å²) in [6, 6.07) is 0.0628. The first-order chi connectivity index (χ1) is 7.81. The largest absolute Gasteiger partial charge is 0.396 e. The second-order valence-electron chi connectivity index (χ2n) is 4.95. The number of rotatable bonds is 3. The molecule has 0 bridgehead atoms. The molecule has 0 saturated carbocycles. The Labute approximate surface area is 97.0 Å². The van der Waals surface area contributed by atoms with Crippen molar-refractivity contribution in [3.8, 4) is 0 Å². The van der Waals surface area contributed by atoms with Gasteiger partial charge in [-0.2, -0.15) is 0 Å². The number of amides is 1. The first-order valence-electron chi connectivity index (χ1n) is 6.44. The van der Waals surface area contributed by atoms with Crippen LogP contribution >= 0.6 is 0 Å². The van der Waals surface area contributed by atoms with E-state index in [-0.39, 0.29) is 18.6 Å². The normalized spacial score (nSPS) is 30.7. The fraction of sp³-hybridized carbons (Fsp3) is 0.917. The van der Waals surface area contributed by atoms with Gasteiger partial charge in [0.1, 0.15) is 0 Å². The highest BCUT2D eigenvalue weighted by Gasteiger charge is 2.29. The third-order valence-corrected chi connectivity index (χ3v) is 3.73. The molecule has 92 valence electrons. The SMILES string of the molecule is O=C([C@H]1CCCN1)N1CCCC(CCO)C1. The molecule has 2 aliphatic heterocycles. The Bertz CT molecular complexity index is 237. The molecule has 2 atom stereocenters. The van der Waals surface area contributed by atoms with Gasteiger partial charge in [-0.15, -0.1) is 0 Å². The van der Waals surface area contributed by atoms with Crippen molar-refractivity contribution in [3.05, 3.63) is 0 Å². The van der Waals surface area contributed by atoms with Gasteiger partial charge in [0.25, 0.3) is 0 Å². The summed E-state index contributed by atoms with van der Waals surface area (Å²) in [7, 11) is 0. The fourth-order valence-corrected chi connectivity index (χ4v) is 2.80. The Morgan fingerprint density at radius 3 is 2.94 bits per heavy atom. The Morgan fingerprint density at radius 2 is 2.25 bits per heavy atom. The number of carbonyl (C=O) groups excluding carboxylic acids is 1. The second kappa shape index (κ2) is 5.64. The van der Waals surface area contributed by atoms with E-state index in [4.69, 9.17) is 5.11 Å². The van der Waals surface area contributed by atoms with Gasteiger partial charge in [-0.1, -0.05) is 0 Å². The maximum absolute atomic E-state index is 12.2. The number of carbonyl (C=O) groups is 1. The predicted molar refractivity (Wildman–Crippen MR) is 62.0 cm³/mol. The molecule has 4 nitrogen and oxygen atoms in total. The van der Waals surface area contributed by atoms with Crippen molar-refractivity contribution in [2.24, 2.45) is 5.92 Å². The zero-order valence-corrected chi connectivity index (χ0v) is 9.82. The molecule has 0 aliphatic carbocycles. The summed E-state index contributed by atoms with van der Waals surface area (Å²) >= 11 is 0. The van der Waals surface area contributed by atoms with Gasteiger partial charge in [0.15, 0.2) is 0 Å². The minimum atomic E-state index is 0.0628. The van der Waals surface area contributed by atoms with Crippen LogP contribution < -0.4 is 5.32 Å². The Morgan fingerprint density at radius 1 is 1.38 bits per heavy atom. The first-order valence-corrected chi connectivity index (χ1v) is 6.44. The average molecular weight is 226 g/mol. The molecule has 2 aliphatic rings. The number of aliphatic hydroxyl groups is 1. The number of hydrogen-bond acceptors (Lipinski definition) is 3. The summed E-state index contributed by atoms with van der Waals surface area (Å²) in [6.07, 6.45) is 5.18. The lowest BCUT2D eigenvalue weighted by Gasteiger charge is -2.34. The third-order valence-electron chi connectivity index (χ3n) is 3.73. The molecule has 0 spiro atoms. The number of nitrogens with one attached hydrogen (secondary N) is 1. The van der Waals surface area contributed by atoms with Crippen molar-refractivity contribution in [2.45, 2.75) is 38.1 Å². The number of piperidine rings is 1. The van der Waals surface area contributed by atoms with Crippen LogP contribution in [-0.4, -0.2) is 48.2 Å². The smallest absolute Gasteiger partial charge is 0.239 e. The highest BCUT2D eigenvalue weighted by atomic mass is 16.3. The summed E-state index contributed by atoms with van der Waals surface area (Å²) in [5, 5.41) is 12.2. The van der Waals surface area contributed by atoms with Gasteiger partial charge in [-0.25, -0.2) is 0 Å². The summed E-state index contributed by atoms with van der Waals surface area (Å²) in [5.74, 6) is 0.782. The van der Waals surface area contributed by atoms with Crippen LogP contribution in [0.1, 0.15) is 32.1 Å². The second-order valence-corrected chi connectivity index (χ2v) is 4.95. The minimum absolute atomic E-state index is 0.0628. The molecule has 4 heteroatoms. The van der Waals surface area contributed by atoms with Crippen LogP contribution in [0.3, 0.4) is 0 Å². The van der Waals surface area contributed by atoms with E-state index in [1.165, 1.54) is 0 Å². The molecule has 1 unspecified atom stereocenters. The zero-order chi connectivity index (χ0) is 11.4. The van der Waals surface area contributed by atoms with Crippen molar-refractivity contribution in [1.82, 2.24) is 10.2 Å².